The maximum Gasteiger partial charge on any atom is 0.290 e. The van der Waals surface area contributed by atoms with Crippen LogP contribution in [0.3, 0.4) is 0 Å². The molecule has 0 fully saturated rings. The zero-order valence-electron chi connectivity index (χ0n) is 12.8. The molecule has 8 nitrogen and oxygen atoms in total. The summed E-state index contributed by atoms with van der Waals surface area (Å²) in [6.07, 6.45) is 0.467. The summed E-state index contributed by atoms with van der Waals surface area (Å²) in [6.45, 7) is 1.51. The summed E-state index contributed by atoms with van der Waals surface area (Å²) >= 11 is 0. The van der Waals surface area contributed by atoms with Gasteiger partial charge in [-0.2, -0.15) is 0 Å². The molecule has 2 N–H and O–H groups in total. The lowest BCUT2D eigenvalue weighted by Gasteiger charge is -2.07. The molecule has 0 unspecified atom stereocenters. The number of carbonyl (C=O) groups excluding carboxylic acids is 2. The number of aromatic nitrogens is 1. The summed E-state index contributed by atoms with van der Waals surface area (Å²) in [5, 5.41) is 16.1. The van der Waals surface area contributed by atoms with Gasteiger partial charge in [0.2, 0.25) is 11.8 Å². The molecule has 0 saturated carbocycles. The maximum absolute atomic E-state index is 12.1. The van der Waals surface area contributed by atoms with Crippen LogP contribution in [0.1, 0.15) is 16.8 Å². The number of aryl methyl sites for hydroxylation is 1. The number of amides is 2. The molecule has 1 aromatic heterocycles. The van der Waals surface area contributed by atoms with E-state index in [9.17, 15) is 19.7 Å². The second-order valence-corrected chi connectivity index (χ2v) is 5.50. The van der Waals surface area contributed by atoms with Crippen molar-refractivity contribution in [3.8, 4) is 0 Å². The lowest BCUT2D eigenvalue weighted by atomic mass is 10.1. The molecule has 0 bridgehead atoms. The molecule has 0 atom stereocenters. The molecule has 1 aliphatic heterocycles. The Bertz CT molecular complexity index is 863. The van der Waals surface area contributed by atoms with Crippen LogP contribution in [0.25, 0.3) is 0 Å². The van der Waals surface area contributed by atoms with Crippen molar-refractivity contribution in [3.63, 3.8) is 0 Å². The summed E-state index contributed by atoms with van der Waals surface area (Å²) in [5.74, 6) is -0.0882. The van der Waals surface area contributed by atoms with E-state index >= 15 is 0 Å². The fourth-order valence-corrected chi connectivity index (χ4v) is 2.56. The van der Waals surface area contributed by atoms with E-state index in [2.05, 4.69) is 15.6 Å². The van der Waals surface area contributed by atoms with Gasteiger partial charge in [-0.1, -0.05) is 12.1 Å². The Morgan fingerprint density at radius 3 is 2.88 bits per heavy atom. The first kappa shape index (κ1) is 15.6. The Hall–Kier alpha value is -3.29. The van der Waals surface area contributed by atoms with Crippen LogP contribution in [-0.4, -0.2) is 21.7 Å². The molecular formula is C16H14N4O4. The van der Waals surface area contributed by atoms with Crippen LogP contribution in [0.5, 0.6) is 0 Å². The normalized spacial score (nSPS) is 12.5. The van der Waals surface area contributed by atoms with Crippen LogP contribution >= 0.6 is 0 Å². The third kappa shape index (κ3) is 3.22. The van der Waals surface area contributed by atoms with Crippen LogP contribution in [0.4, 0.5) is 17.2 Å². The highest BCUT2D eigenvalue weighted by atomic mass is 16.6. The zero-order valence-corrected chi connectivity index (χ0v) is 12.8. The van der Waals surface area contributed by atoms with Gasteiger partial charge in [-0.05, 0) is 30.2 Å². The van der Waals surface area contributed by atoms with E-state index < -0.39 is 4.92 Å². The minimum atomic E-state index is -0.521. The molecule has 0 radical (unpaired) electrons. The van der Waals surface area contributed by atoms with Gasteiger partial charge in [0.1, 0.15) is 11.5 Å². The molecule has 24 heavy (non-hydrogen) atoms. The molecular weight excluding hydrogens is 312 g/mol. The number of pyridine rings is 1. The number of rotatable bonds is 4. The highest BCUT2D eigenvalue weighted by Crippen LogP contribution is 2.24. The average Bonchev–Trinajstić information content (AvgIpc) is 2.86. The number of hydrogen-bond donors (Lipinski definition) is 2. The number of anilines is 2. The number of hydrogen-bond acceptors (Lipinski definition) is 5. The van der Waals surface area contributed by atoms with Crippen molar-refractivity contribution in [2.24, 2.45) is 0 Å². The molecule has 2 aromatic rings. The van der Waals surface area contributed by atoms with E-state index in [1.807, 2.05) is 6.07 Å². The van der Waals surface area contributed by atoms with Gasteiger partial charge in [0.05, 0.1) is 17.8 Å². The molecule has 0 spiro atoms. The first-order valence-corrected chi connectivity index (χ1v) is 7.26. The monoisotopic (exact) mass is 326 g/mol. The summed E-state index contributed by atoms with van der Waals surface area (Å²) < 4.78 is 0. The van der Waals surface area contributed by atoms with Gasteiger partial charge >= 0.3 is 0 Å². The van der Waals surface area contributed by atoms with Crippen molar-refractivity contribution < 1.29 is 14.5 Å². The number of nitro groups is 1. The second kappa shape index (κ2) is 6.07. The lowest BCUT2D eigenvalue weighted by Crippen LogP contribution is -2.15. The predicted molar refractivity (Wildman–Crippen MR) is 86.7 cm³/mol. The van der Waals surface area contributed by atoms with Crippen LogP contribution in [-0.2, 0) is 22.4 Å². The summed E-state index contributed by atoms with van der Waals surface area (Å²) in [4.78, 5) is 37.7. The molecule has 0 aliphatic carbocycles. The largest absolute Gasteiger partial charge is 0.326 e. The number of nitrogens with zero attached hydrogens (tertiary/aromatic N) is 2. The van der Waals surface area contributed by atoms with Gasteiger partial charge < -0.3 is 10.6 Å². The van der Waals surface area contributed by atoms with Gasteiger partial charge in [0.25, 0.3) is 5.69 Å². The van der Waals surface area contributed by atoms with Crippen LogP contribution in [0, 0.1) is 17.0 Å². The Kier molecular flexibility index (Phi) is 3.95. The molecule has 0 saturated heterocycles. The Balaban J connectivity index is 1.68. The van der Waals surface area contributed by atoms with Crippen LogP contribution < -0.4 is 10.6 Å². The molecule has 122 valence electrons. The fourth-order valence-electron chi connectivity index (χ4n) is 2.56. The van der Waals surface area contributed by atoms with Crippen LogP contribution in [0.15, 0.2) is 30.3 Å². The minimum Gasteiger partial charge on any atom is -0.326 e. The van der Waals surface area contributed by atoms with Gasteiger partial charge in [0.15, 0.2) is 0 Å². The fraction of sp³-hybridized carbons (Fsp3) is 0.188. The third-order valence-corrected chi connectivity index (χ3v) is 3.69. The van der Waals surface area contributed by atoms with E-state index in [-0.39, 0.29) is 35.4 Å². The van der Waals surface area contributed by atoms with Crippen molar-refractivity contribution in [1.82, 2.24) is 4.98 Å². The van der Waals surface area contributed by atoms with Gasteiger partial charge in [-0.15, -0.1) is 0 Å². The Morgan fingerprint density at radius 1 is 1.38 bits per heavy atom. The van der Waals surface area contributed by atoms with E-state index in [1.165, 1.54) is 19.1 Å². The van der Waals surface area contributed by atoms with E-state index in [1.54, 1.807) is 12.1 Å². The maximum atomic E-state index is 12.1. The van der Waals surface area contributed by atoms with Crippen molar-refractivity contribution >= 4 is 29.0 Å². The van der Waals surface area contributed by atoms with E-state index in [4.69, 9.17) is 0 Å². The van der Waals surface area contributed by atoms with Crippen LogP contribution in [0.2, 0.25) is 0 Å². The average molecular weight is 326 g/mol. The molecule has 8 heteroatoms. The zero-order chi connectivity index (χ0) is 17.3. The molecule has 1 aliphatic rings. The summed E-state index contributed by atoms with van der Waals surface area (Å²) in [7, 11) is 0. The van der Waals surface area contributed by atoms with E-state index in [0.29, 0.717) is 6.42 Å². The number of fused-ring (bicyclic) bond motifs is 1. The van der Waals surface area contributed by atoms with Gasteiger partial charge in [-0.25, -0.2) is 4.98 Å². The van der Waals surface area contributed by atoms with Gasteiger partial charge in [-0.3, -0.25) is 19.7 Å². The van der Waals surface area contributed by atoms with E-state index in [0.717, 1.165) is 16.8 Å². The number of nitrogens with one attached hydrogen (secondary N) is 2. The number of benzene rings is 1. The Morgan fingerprint density at radius 2 is 2.17 bits per heavy atom. The number of carbonyl (C=O) groups is 2. The highest BCUT2D eigenvalue weighted by Gasteiger charge is 2.18. The van der Waals surface area contributed by atoms with Crippen molar-refractivity contribution in [3.05, 3.63) is 57.3 Å². The molecule has 2 heterocycles. The summed E-state index contributed by atoms with van der Waals surface area (Å²) in [5.41, 5.74) is 2.54. The summed E-state index contributed by atoms with van der Waals surface area (Å²) in [6, 6.07) is 8.10. The quantitative estimate of drug-likeness (QED) is 0.658. The SMILES string of the molecule is Cc1nc(NC(=O)Cc2ccc3c(c2)NC(=O)C3)ccc1[N+](=O)[O-]. The first-order chi connectivity index (χ1) is 11.4. The smallest absolute Gasteiger partial charge is 0.290 e. The highest BCUT2D eigenvalue weighted by molar-refractivity contribution is 5.99. The minimum absolute atomic E-state index is 0.0582. The molecule has 3 rings (SSSR count). The molecule has 1 aromatic carbocycles. The second-order valence-electron chi connectivity index (χ2n) is 5.50. The van der Waals surface area contributed by atoms with Crippen molar-refractivity contribution in [2.75, 3.05) is 10.6 Å². The van der Waals surface area contributed by atoms with Gasteiger partial charge in [0, 0.05) is 11.8 Å². The third-order valence-electron chi connectivity index (χ3n) is 3.69. The van der Waals surface area contributed by atoms with Crippen molar-refractivity contribution in [1.29, 1.82) is 0 Å². The predicted octanol–water partition coefficient (Wildman–Crippen LogP) is 1.97. The standard InChI is InChI=1S/C16H14N4O4/c1-9-13(20(23)24)4-5-14(17-9)19-15(21)7-10-2-3-11-8-16(22)18-12(11)6-10/h2-6H,7-8H2,1H3,(H,18,22)(H,17,19,21). The molecule has 2 amide bonds. The first-order valence-electron chi connectivity index (χ1n) is 7.26. The van der Waals surface area contributed by atoms with Crippen molar-refractivity contribution in [2.45, 2.75) is 19.8 Å². The Labute approximate surface area is 137 Å². The topological polar surface area (TPSA) is 114 Å². The lowest BCUT2D eigenvalue weighted by molar-refractivity contribution is -0.385.